The van der Waals surface area contributed by atoms with E-state index in [1.807, 2.05) is 55.5 Å². The average Bonchev–Trinajstić information content (AvgIpc) is 3.12. The van der Waals surface area contributed by atoms with E-state index >= 15 is 0 Å². The van der Waals surface area contributed by atoms with E-state index in [0.29, 0.717) is 25.3 Å². The Morgan fingerprint density at radius 3 is 2.47 bits per heavy atom. The summed E-state index contributed by atoms with van der Waals surface area (Å²) in [7, 11) is -1.61. The Balaban J connectivity index is 1.66. The van der Waals surface area contributed by atoms with Crippen molar-refractivity contribution in [1.82, 2.24) is 20.1 Å². The van der Waals surface area contributed by atoms with E-state index in [2.05, 4.69) is 38.0 Å². The third kappa shape index (κ3) is 5.96. The van der Waals surface area contributed by atoms with E-state index in [1.165, 1.54) is 0 Å². The average molecular weight is 487 g/mol. The van der Waals surface area contributed by atoms with Gasteiger partial charge in [0, 0.05) is 24.0 Å². The molecular formula is C22H23BrN4O2S. The van der Waals surface area contributed by atoms with Crippen LogP contribution in [0.15, 0.2) is 70.8 Å². The maximum Gasteiger partial charge on any atom is 0.233 e. The second-order valence-corrected chi connectivity index (χ2v) is 9.11. The summed E-state index contributed by atoms with van der Waals surface area (Å²) >= 11 is 3.42. The molecule has 0 radical (unpaired) electrons. The molecule has 156 valence electrons. The second kappa shape index (κ2) is 10.4. The number of aromatic nitrogens is 3. The summed E-state index contributed by atoms with van der Waals surface area (Å²) in [6, 6.07) is 15.8. The summed E-state index contributed by atoms with van der Waals surface area (Å²) in [5.41, 5.74) is 3.21. The Morgan fingerprint density at radius 1 is 1.13 bits per heavy atom. The Bertz CT molecular complexity index is 1050. The third-order valence-corrected chi connectivity index (χ3v) is 6.22. The van der Waals surface area contributed by atoms with Crippen LogP contribution in [-0.4, -0.2) is 30.6 Å². The molecule has 1 aromatic heterocycles. The van der Waals surface area contributed by atoms with Crippen molar-refractivity contribution in [2.24, 2.45) is 0 Å². The van der Waals surface area contributed by atoms with Crippen LogP contribution in [0.25, 0.3) is 0 Å². The van der Waals surface area contributed by atoms with Gasteiger partial charge in [0.05, 0.1) is 0 Å². The first-order valence-corrected chi connectivity index (χ1v) is 11.6. The predicted octanol–water partition coefficient (Wildman–Crippen LogP) is 3.55. The molecule has 0 saturated carbocycles. The molecule has 6 nitrogen and oxygen atoms in total. The molecule has 0 spiro atoms. The lowest BCUT2D eigenvalue weighted by Crippen LogP contribution is -2.28. The van der Waals surface area contributed by atoms with Crippen LogP contribution in [0.3, 0.4) is 0 Å². The largest absolute Gasteiger partial charge is 0.351 e. The van der Waals surface area contributed by atoms with Gasteiger partial charge in [-0.2, -0.15) is 0 Å². The number of carbonyl (C=O) groups is 1. The van der Waals surface area contributed by atoms with Gasteiger partial charge in [-0.15, -0.1) is 16.8 Å². The standard InChI is InChI=1S/C22H23BrN4O2S/c1-3-12-27-20(13-17-8-10-19(23)11-9-17)25-26-22(27)30(29)15-21(28)24-14-18-6-4-16(2)5-7-18/h3-11H,1,12-15H2,2H3,(H,24,28). The van der Waals surface area contributed by atoms with Gasteiger partial charge in [0.2, 0.25) is 11.1 Å². The molecule has 0 aliphatic rings. The third-order valence-electron chi connectivity index (χ3n) is 4.46. The van der Waals surface area contributed by atoms with E-state index in [0.717, 1.165) is 21.2 Å². The molecule has 0 fully saturated rings. The fourth-order valence-electron chi connectivity index (χ4n) is 2.86. The molecule has 0 aliphatic carbocycles. The lowest BCUT2D eigenvalue weighted by atomic mass is 10.1. The molecule has 1 amide bonds. The van der Waals surface area contributed by atoms with Crippen molar-refractivity contribution in [3.63, 3.8) is 0 Å². The highest BCUT2D eigenvalue weighted by Gasteiger charge is 2.19. The number of nitrogens with zero attached hydrogens (tertiary/aromatic N) is 3. The van der Waals surface area contributed by atoms with Gasteiger partial charge >= 0.3 is 0 Å². The summed E-state index contributed by atoms with van der Waals surface area (Å²) in [4.78, 5) is 12.3. The highest BCUT2D eigenvalue weighted by atomic mass is 79.9. The molecule has 0 saturated heterocycles. The maximum atomic E-state index is 12.8. The fraction of sp³-hybridized carbons (Fsp3) is 0.227. The summed E-state index contributed by atoms with van der Waals surface area (Å²) in [5.74, 6) is 0.219. The Kier molecular flexibility index (Phi) is 7.70. The van der Waals surface area contributed by atoms with Crippen LogP contribution in [0.5, 0.6) is 0 Å². The van der Waals surface area contributed by atoms with Crippen molar-refractivity contribution in [3.8, 4) is 0 Å². The molecule has 2 aromatic carbocycles. The van der Waals surface area contributed by atoms with Gasteiger partial charge < -0.3 is 5.32 Å². The van der Waals surface area contributed by atoms with E-state index < -0.39 is 10.8 Å². The van der Waals surface area contributed by atoms with Crippen molar-refractivity contribution in [3.05, 3.63) is 88.2 Å². The molecule has 0 bridgehead atoms. The van der Waals surface area contributed by atoms with Crippen LogP contribution in [0.2, 0.25) is 0 Å². The second-order valence-electron chi connectivity index (χ2n) is 6.85. The molecular weight excluding hydrogens is 464 g/mol. The number of halogens is 1. The number of benzene rings is 2. The molecule has 30 heavy (non-hydrogen) atoms. The molecule has 8 heteroatoms. The van der Waals surface area contributed by atoms with Gasteiger partial charge in [-0.25, -0.2) is 0 Å². The van der Waals surface area contributed by atoms with Crippen molar-refractivity contribution >= 4 is 32.6 Å². The van der Waals surface area contributed by atoms with Gasteiger partial charge in [0.15, 0.2) is 0 Å². The maximum absolute atomic E-state index is 12.8. The highest BCUT2D eigenvalue weighted by Crippen LogP contribution is 2.15. The van der Waals surface area contributed by atoms with Crippen molar-refractivity contribution < 1.29 is 9.00 Å². The lowest BCUT2D eigenvalue weighted by molar-refractivity contribution is -0.118. The molecule has 3 rings (SSSR count). The first-order chi connectivity index (χ1) is 14.5. The topological polar surface area (TPSA) is 76.9 Å². The molecule has 1 unspecified atom stereocenters. The summed E-state index contributed by atoms with van der Waals surface area (Å²) in [5, 5.41) is 11.4. The van der Waals surface area contributed by atoms with Crippen LogP contribution in [0.1, 0.15) is 22.5 Å². The molecule has 1 heterocycles. The summed E-state index contributed by atoms with van der Waals surface area (Å²) < 4.78 is 15.6. The monoisotopic (exact) mass is 486 g/mol. The minimum atomic E-state index is -1.61. The molecule has 0 aliphatic heterocycles. The van der Waals surface area contributed by atoms with Gasteiger partial charge in [0.25, 0.3) is 0 Å². The normalized spacial score (nSPS) is 11.8. The number of nitrogens with one attached hydrogen (secondary N) is 1. The Hall–Kier alpha value is -2.58. The summed E-state index contributed by atoms with van der Waals surface area (Å²) in [6.07, 6.45) is 2.25. The minimum Gasteiger partial charge on any atom is -0.351 e. The van der Waals surface area contributed by atoms with Crippen molar-refractivity contribution in [2.75, 3.05) is 5.75 Å². The Morgan fingerprint density at radius 2 is 1.80 bits per heavy atom. The first-order valence-electron chi connectivity index (χ1n) is 9.44. The van der Waals surface area contributed by atoms with Gasteiger partial charge in [-0.3, -0.25) is 13.6 Å². The number of hydrogen-bond donors (Lipinski definition) is 1. The number of aryl methyl sites for hydroxylation is 1. The van der Waals surface area contributed by atoms with Crippen LogP contribution in [-0.2, 0) is 35.1 Å². The number of allylic oxidation sites excluding steroid dienone is 1. The molecule has 3 aromatic rings. The number of hydrogen-bond acceptors (Lipinski definition) is 4. The SMILES string of the molecule is C=CCn1c(Cc2ccc(Br)cc2)nnc1S(=O)CC(=O)NCc1ccc(C)cc1. The van der Waals surface area contributed by atoms with Crippen LogP contribution >= 0.6 is 15.9 Å². The lowest BCUT2D eigenvalue weighted by Gasteiger charge is -2.09. The first kappa shape index (κ1) is 22.1. The Labute approximate surface area is 187 Å². The van der Waals surface area contributed by atoms with E-state index in [-0.39, 0.29) is 16.8 Å². The fourth-order valence-corrected chi connectivity index (χ4v) is 4.15. The zero-order valence-electron chi connectivity index (χ0n) is 16.7. The zero-order valence-corrected chi connectivity index (χ0v) is 19.1. The summed E-state index contributed by atoms with van der Waals surface area (Å²) in [6.45, 7) is 6.59. The van der Waals surface area contributed by atoms with Gasteiger partial charge in [0.1, 0.15) is 22.4 Å². The quantitative estimate of drug-likeness (QED) is 0.469. The van der Waals surface area contributed by atoms with E-state index in [9.17, 15) is 9.00 Å². The molecule has 1 N–H and O–H groups in total. The number of amides is 1. The number of carbonyl (C=O) groups excluding carboxylic acids is 1. The van der Waals surface area contributed by atoms with Crippen molar-refractivity contribution in [2.45, 2.75) is 31.6 Å². The predicted molar refractivity (Wildman–Crippen MR) is 121 cm³/mol. The van der Waals surface area contributed by atoms with E-state index in [4.69, 9.17) is 0 Å². The van der Waals surface area contributed by atoms with Crippen LogP contribution < -0.4 is 5.32 Å². The highest BCUT2D eigenvalue weighted by molar-refractivity contribution is 9.10. The van der Waals surface area contributed by atoms with Gasteiger partial charge in [-0.1, -0.05) is 64.0 Å². The van der Waals surface area contributed by atoms with Gasteiger partial charge in [-0.05, 0) is 30.2 Å². The smallest absolute Gasteiger partial charge is 0.233 e. The number of rotatable bonds is 9. The minimum absolute atomic E-state index is 0.167. The molecule has 1 atom stereocenters. The van der Waals surface area contributed by atoms with Crippen molar-refractivity contribution in [1.29, 1.82) is 0 Å². The van der Waals surface area contributed by atoms with Crippen LogP contribution in [0.4, 0.5) is 0 Å². The zero-order chi connectivity index (χ0) is 21.5. The van der Waals surface area contributed by atoms with Crippen LogP contribution in [0, 0.1) is 6.92 Å². The van der Waals surface area contributed by atoms with E-state index in [1.54, 1.807) is 10.6 Å².